The average molecular weight is 377 g/mol. The van der Waals surface area contributed by atoms with Crippen LogP contribution >= 0.6 is 0 Å². The fraction of sp³-hybridized carbons (Fsp3) is 0.389. The smallest absolute Gasteiger partial charge is 0.354 e. The highest BCUT2D eigenvalue weighted by Gasteiger charge is 2.30. The highest BCUT2D eigenvalue weighted by atomic mass is 32.2. The minimum absolute atomic E-state index is 0.121. The molecule has 0 radical (unpaired) electrons. The number of para-hydroxylation sites is 1. The Hall–Kier alpha value is -2.32. The quantitative estimate of drug-likeness (QED) is 0.742. The van der Waals surface area contributed by atoms with Crippen LogP contribution in [-0.2, 0) is 21.8 Å². The van der Waals surface area contributed by atoms with E-state index in [1.54, 1.807) is 14.0 Å². The number of hydrogen-bond donors (Lipinski definition) is 0. The Kier molecular flexibility index (Phi) is 5.33. The second-order valence-electron chi connectivity index (χ2n) is 6.12. The van der Waals surface area contributed by atoms with Crippen LogP contribution in [0.4, 0.5) is 5.69 Å². The summed E-state index contributed by atoms with van der Waals surface area (Å²) < 4.78 is 33.8. The van der Waals surface area contributed by atoms with Crippen molar-refractivity contribution in [3.63, 3.8) is 0 Å². The molecule has 1 aliphatic rings. The van der Waals surface area contributed by atoms with Gasteiger partial charge in [-0.2, -0.15) is 4.31 Å². The van der Waals surface area contributed by atoms with Gasteiger partial charge in [0.1, 0.15) is 10.6 Å². The van der Waals surface area contributed by atoms with Gasteiger partial charge in [0.25, 0.3) is 0 Å². The summed E-state index contributed by atoms with van der Waals surface area (Å²) in [6.07, 6.45) is 1.46. The molecule has 1 fully saturated rings. The van der Waals surface area contributed by atoms with Crippen LogP contribution in [0.15, 0.2) is 47.5 Å². The van der Waals surface area contributed by atoms with Gasteiger partial charge in [0.2, 0.25) is 10.0 Å². The Morgan fingerprint density at radius 3 is 2.38 bits per heavy atom. The lowest BCUT2D eigenvalue weighted by Crippen LogP contribution is -2.48. The molecule has 1 aliphatic heterocycles. The predicted octanol–water partition coefficient (Wildman–Crippen LogP) is 1.71. The van der Waals surface area contributed by atoms with Gasteiger partial charge in [-0.05, 0) is 25.1 Å². The third-order valence-electron chi connectivity index (χ3n) is 4.46. The molecule has 2 heterocycles. The van der Waals surface area contributed by atoms with Gasteiger partial charge >= 0.3 is 5.97 Å². The molecule has 1 saturated heterocycles. The molecule has 0 atom stereocenters. The number of carbonyl (C=O) groups is 1. The van der Waals surface area contributed by atoms with Gasteiger partial charge in [-0.15, -0.1) is 0 Å². The minimum atomic E-state index is -3.64. The summed E-state index contributed by atoms with van der Waals surface area (Å²) >= 11 is 0. The Labute approximate surface area is 153 Å². The fourth-order valence-corrected chi connectivity index (χ4v) is 4.55. The first-order valence-corrected chi connectivity index (χ1v) is 10.0. The molecular weight excluding hydrogens is 354 g/mol. The molecular formula is C18H23N3O4S. The fourth-order valence-electron chi connectivity index (χ4n) is 3.06. The van der Waals surface area contributed by atoms with Crippen molar-refractivity contribution in [3.8, 4) is 0 Å². The highest BCUT2D eigenvalue weighted by Crippen LogP contribution is 2.22. The molecule has 26 heavy (non-hydrogen) atoms. The Balaban J connectivity index is 1.74. The van der Waals surface area contributed by atoms with Crippen molar-refractivity contribution in [1.29, 1.82) is 0 Å². The lowest BCUT2D eigenvalue weighted by molar-refractivity contribution is 0.0515. The number of esters is 1. The number of sulfonamides is 1. The molecule has 0 spiro atoms. The molecule has 7 nitrogen and oxygen atoms in total. The minimum Gasteiger partial charge on any atom is -0.461 e. The lowest BCUT2D eigenvalue weighted by atomic mass is 10.2. The van der Waals surface area contributed by atoms with Crippen molar-refractivity contribution in [2.75, 3.05) is 37.7 Å². The predicted molar refractivity (Wildman–Crippen MR) is 98.8 cm³/mol. The van der Waals surface area contributed by atoms with E-state index in [0.717, 1.165) is 5.69 Å². The van der Waals surface area contributed by atoms with Gasteiger partial charge in [-0.1, -0.05) is 18.2 Å². The summed E-state index contributed by atoms with van der Waals surface area (Å²) in [7, 11) is -2.00. The van der Waals surface area contributed by atoms with Crippen LogP contribution in [0.5, 0.6) is 0 Å². The molecule has 0 N–H and O–H groups in total. The number of nitrogens with zero attached hydrogens (tertiary/aromatic N) is 3. The molecule has 140 valence electrons. The number of piperazine rings is 1. The summed E-state index contributed by atoms with van der Waals surface area (Å²) in [5, 5.41) is 0. The molecule has 3 rings (SSSR count). The maximum atomic E-state index is 12.9. The van der Waals surface area contributed by atoms with Crippen LogP contribution < -0.4 is 4.90 Å². The van der Waals surface area contributed by atoms with E-state index in [0.29, 0.717) is 26.2 Å². The lowest BCUT2D eigenvalue weighted by Gasteiger charge is -2.35. The maximum absolute atomic E-state index is 12.9. The largest absolute Gasteiger partial charge is 0.461 e. The molecule has 1 aromatic heterocycles. The second-order valence-corrected chi connectivity index (χ2v) is 8.06. The van der Waals surface area contributed by atoms with Crippen LogP contribution in [0.2, 0.25) is 0 Å². The number of aromatic nitrogens is 1. The van der Waals surface area contributed by atoms with E-state index < -0.39 is 16.0 Å². The Morgan fingerprint density at radius 1 is 1.12 bits per heavy atom. The molecule has 0 unspecified atom stereocenters. The number of anilines is 1. The topological polar surface area (TPSA) is 71.8 Å². The zero-order valence-electron chi connectivity index (χ0n) is 15.0. The zero-order valence-corrected chi connectivity index (χ0v) is 15.8. The first kappa shape index (κ1) is 18.5. The van der Waals surface area contributed by atoms with Gasteiger partial charge in [-0.25, -0.2) is 13.2 Å². The number of carbonyl (C=O) groups excluding carboxylic acids is 1. The third-order valence-corrected chi connectivity index (χ3v) is 6.33. The average Bonchev–Trinajstić information content (AvgIpc) is 3.05. The number of hydrogen-bond acceptors (Lipinski definition) is 5. The van der Waals surface area contributed by atoms with Gasteiger partial charge in [0.05, 0.1) is 6.61 Å². The number of benzene rings is 1. The molecule has 2 aromatic rings. The van der Waals surface area contributed by atoms with E-state index in [9.17, 15) is 13.2 Å². The summed E-state index contributed by atoms with van der Waals surface area (Å²) in [4.78, 5) is 14.2. The van der Waals surface area contributed by atoms with Gasteiger partial charge in [0, 0.05) is 45.1 Å². The van der Waals surface area contributed by atoms with Crippen molar-refractivity contribution < 1.29 is 17.9 Å². The molecule has 0 bridgehead atoms. The van der Waals surface area contributed by atoms with Crippen molar-refractivity contribution in [1.82, 2.24) is 8.87 Å². The van der Waals surface area contributed by atoms with Gasteiger partial charge in [0.15, 0.2) is 0 Å². The maximum Gasteiger partial charge on any atom is 0.354 e. The molecule has 0 amide bonds. The Morgan fingerprint density at radius 2 is 1.77 bits per heavy atom. The van der Waals surface area contributed by atoms with Gasteiger partial charge in [-0.3, -0.25) is 0 Å². The third kappa shape index (κ3) is 3.61. The van der Waals surface area contributed by atoms with Crippen LogP contribution in [0, 0.1) is 0 Å². The summed E-state index contributed by atoms with van der Waals surface area (Å²) in [6, 6.07) is 11.3. The molecule has 0 aliphatic carbocycles. The summed E-state index contributed by atoms with van der Waals surface area (Å²) in [6.45, 7) is 4.02. The van der Waals surface area contributed by atoms with E-state index in [1.807, 2.05) is 30.3 Å². The Bertz CT molecular complexity index is 869. The summed E-state index contributed by atoms with van der Waals surface area (Å²) in [5.41, 5.74) is 1.32. The van der Waals surface area contributed by atoms with E-state index in [-0.39, 0.29) is 17.2 Å². The number of aryl methyl sites for hydroxylation is 1. The van der Waals surface area contributed by atoms with Crippen LogP contribution in [0.1, 0.15) is 17.4 Å². The van der Waals surface area contributed by atoms with Crippen molar-refractivity contribution in [3.05, 3.63) is 48.3 Å². The van der Waals surface area contributed by atoms with Crippen molar-refractivity contribution in [2.45, 2.75) is 11.8 Å². The van der Waals surface area contributed by atoms with E-state index in [2.05, 4.69) is 4.90 Å². The van der Waals surface area contributed by atoms with E-state index >= 15 is 0 Å². The monoisotopic (exact) mass is 377 g/mol. The van der Waals surface area contributed by atoms with E-state index in [1.165, 1.54) is 21.1 Å². The first-order chi connectivity index (χ1) is 12.4. The zero-order chi connectivity index (χ0) is 18.7. The SMILES string of the molecule is CCOC(=O)c1cc(S(=O)(=O)N2CCN(c3ccccc3)CC2)cn1C. The van der Waals surface area contributed by atoms with Crippen LogP contribution in [-0.4, -0.2) is 56.0 Å². The molecule has 8 heteroatoms. The highest BCUT2D eigenvalue weighted by molar-refractivity contribution is 7.89. The van der Waals surface area contributed by atoms with Crippen molar-refractivity contribution in [2.24, 2.45) is 7.05 Å². The normalized spacial score (nSPS) is 15.8. The molecule has 0 saturated carbocycles. The van der Waals surface area contributed by atoms with Gasteiger partial charge < -0.3 is 14.2 Å². The first-order valence-electron chi connectivity index (χ1n) is 8.57. The summed E-state index contributed by atoms with van der Waals surface area (Å²) in [5.74, 6) is -0.523. The van der Waals surface area contributed by atoms with Crippen molar-refractivity contribution >= 4 is 21.7 Å². The van der Waals surface area contributed by atoms with Crippen LogP contribution in [0.3, 0.4) is 0 Å². The standard InChI is InChI=1S/C18H23N3O4S/c1-3-25-18(22)17-13-16(14-19(17)2)26(23,24)21-11-9-20(10-12-21)15-7-5-4-6-8-15/h4-8,13-14H,3,9-12H2,1-2H3. The molecule has 1 aromatic carbocycles. The number of ether oxygens (including phenoxy) is 1. The van der Waals surface area contributed by atoms with Crippen LogP contribution in [0.25, 0.3) is 0 Å². The van der Waals surface area contributed by atoms with E-state index in [4.69, 9.17) is 4.74 Å². The number of rotatable bonds is 5. The second kappa shape index (κ2) is 7.51.